The first-order valence-corrected chi connectivity index (χ1v) is 7.67. The predicted molar refractivity (Wildman–Crippen MR) is 80.6 cm³/mol. The first-order chi connectivity index (χ1) is 8.13. The Morgan fingerprint density at radius 2 is 2.41 bits per heavy atom. The second-order valence-corrected chi connectivity index (χ2v) is 6.98. The second kappa shape index (κ2) is 5.69. The summed E-state index contributed by atoms with van der Waals surface area (Å²) in [6.45, 7) is 2.95. The zero-order valence-electron chi connectivity index (χ0n) is 9.36. The standard InChI is InChI=1S/C11H13ClIN3S/c1-2-3-16-11(8(12)5-15-16)10(14)7-4-9(13)17-6-7/h4-6,10H,2-3,14H2,1H3. The summed E-state index contributed by atoms with van der Waals surface area (Å²) in [6, 6.07) is 1.89. The van der Waals surface area contributed by atoms with Crippen LogP contribution in [0.2, 0.25) is 5.02 Å². The molecule has 0 saturated carbocycles. The molecule has 17 heavy (non-hydrogen) atoms. The van der Waals surface area contributed by atoms with Gasteiger partial charge in [0.2, 0.25) is 0 Å². The summed E-state index contributed by atoms with van der Waals surface area (Å²) in [5, 5.41) is 6.99. The Labute approximate surface area is 123 Å². The Morgan fingerprint density at radius 3 is 3.00 bits per heavy atom. The predicted octanol–water partition coefficient (Wildman–Crippen LogP) is 3.66. The van der Waals surface area contributed by atoms with Crippen molar-refractivity contribution in [3.63, 3.8) is 0 Å². The molecule has 2 aromatic heterocycles. The number of thiophene rings is 1. The molecule has 0 fully saturated rings. The van der Waals surface area contributed by atoms with E-state index < -0.39 is 0 Å². The Balaban J connectivity index is 2.35. The number of hydrogen-bond acceptors (Lipinski definition) is 3. The van der Waals surface area contributed by atoms with Gasteiger partial charge in [-0.2, -0.15) is 5.10 Å². The van der Waals surface area contributed by atoms with Crippen molar-refractivity contribution in [2.75, 3.05) is 0 Å². The molecule has 6 heteroatoms. The molecule has 0 aliphatic heterocycles. The van der Waals surface area contributed by atoms with E-state index >= 15 is 0 Å². The highest BCUT2D eigenvalue weighted by Crippen LogP contribution is 2.29. The monoisotopic (exact) mass is 381 g/mol. The lowest BCUT2D eigenvalue weighted by atomic mass is 10.1. The molecule has 0 aliphatic rings. The molecule has 2 N–H and O–H groups in total. The highest BCUT2D eigenvalue weighted by atomic mass is 127. The summed E-state index contributed by atoms with van der Waals surface area (Å²) in [7, 11) is 0. The quantitative estimate of drug-likeness (QED) is 0.821. The van der Waals surface area contributed by atoms with Crippen LogP contribution in [0.1, 0.15) is 30.6 Å². The molecular formula is C11H13ClIN3S. The highest BCUT2D eigenvalue weighted by Gasteiger charge is 2.19. The Hall–Kier alpha value is -0.110. The van der Waals surface area contributed by atoms with E-state index in [4.69, 9.17) is 17.3 Å². The molecule has 0 bridgehead atoms. The van der Waals surface area contributed by atoms with Crippen LogP contribution >= 0.6 is 45.5 Å². The number of aryl methyl sites for hydroxylation is 1. The molecule has 0 aromatic carbocycles. The minimum absolute atomic E-state index is 0.198. The van der Waals surface area contributed by atoms with Gasteiger partial charge in [0.25, 0.3) is 0 Å². The van der Waals surface area contributed by atoms with Gasteiger partial charge < -0.3 is 5.73 Å². The number of hydrogen-bond donors (Lipinski definition) is 1. The van der Waals surface area contributed by atoms with Gasteiger partial charge in [-0.15, -0.1) is 11.3 Å². The summed E-state index contributed by atoms with van der Waals surface area (Å²) in [4.78, 5) is 0. The van der Waals surface area contributed by atoms with Gasteiger partial charge in [0.15, 0.2) is 0 Å². The first-order valence-electron chi connectivity index (χ1n) is 5.34. The second-order valence-electron chi connectivity index (χ2n) is 3.76. The number of rotatable bonds is 4. The molecule has 0 aliphatic carbocycles. The third-order valence-corrected chi connectivity index (χ3v) is 4.61. The maximum Gasteiger partial charge on any atom is 0.0837 e. The first kappa shape index (κ1) is 13.3. The molecule has 0 radical (unpaired) electrons. The van der Waals surface area contributed by atoms with Crippen LogP contribution in [0.5, 0.6) is 0 Å². The summed E-state index contributed by atoms with van der Waals surface area (Å²) >= 11 is 10.2. The third kappa shape index (κ3) is 2.83. The van der Waals surface area contributed by atoms with E-state index in [1.807, 2.05) is 4.68 Å². The smallest absolute Gasteiger partial charge is 0.0837 e. The van der Waals surface area contributed by atoms with E-state index in [2.05, 4.69) is 46.1 Å². The van der Waals surface area contributed by atoms with Gasteiger partial charge >= 0.3 is 0 Å². The van der Waals surface area contributed by atoms with Crippen LogP contribution in [0.25, 0.3) is 0 Å². The molecule has 3 nitrogen and oxygen atoms in total. The van der Waals surface area contributed by atoms with E-state index in [9.17, 15) is 0 Å². The summed E-state index contributed by atoms with van der Waals surface area (Å²) in [5.41, 5.74) is 8.27. The lowest BCUT2D eigenvalue weighted by molar-refractivity contribution is 0.560. The van der Waals surface area contributed by atoms with Crippen LogP contribution in [0.4, 0.5) is 0 Å². The van der Waals surface area contributed by atoms with Crippen molar-refractivity contribution in [1.29, 1.82) is 0 Å². The van der Waals surface area contributed by atoms with Crippen molar-refractivity contribution < 1.29 is 0 Å². The van der Waals surface area contributed by atoms with Crippen molar-refractivity contribution >= 4 is 45.5 Å². The zero-order chi connectivity index (χ0) is 12.4. The maximum absolute atomic E-state index is 6.26. The minimum Gasteiger partial charge on any atom is -0.319 e. The van der Waals surface area contributed by atoms with E-state index in [1.165, 1.54) is 2.88 Å². The van der Waals surface area contributed by atoms with Crippen LogP contribution < -0.4 is 5.73 Å². The van der Waals surface area contributed by atoms with Crippen molar-refractivity contribution in [3.05, 3.63) is 36.8 Å². The fourth-order valence-corrected chi connectivity index (χ4v) is 3.38. The molecule has 1 atom stereocenters. The van der Waals surface area contributed by atoms with Gasteiger partial charge in [-0.1, -0.05) is 18.5 Å². The number of nitrogens with two attached hydrogens (primary N) is 1. The number of nitrogens with zero attached hydrogens (tertiary/aromatic N) is 2. The topological polar surface area (TPSA) is 43.8 Å². The molecule has 1 unspecified atom stereocenters. The van der Waals surface area contributed by atoms with Gasteiger partial charge in [0.1, 0.15) is 0 Å². The molecule has 2 heterocycles. The van der Waals surface area contributed by atoms with Gasteiger partial charge in [0.05, 0.1) is 25.8 Å². The fraction of sp³-hybridized carbons (Fsp3) is 0.364. The van der Waals surface area contributed by atoms with Crippen LogP contribution in [0, 0.1) is 2.88 Å². The minimum atomic E-state index is -0.198. The van der Waals surface area contributed by atoms with E-state index in [0.717, 1.165) is 24.2 Å². The molecule has 0 saturated heterocycles. The van der Waals surface area contributed by atoms with Crippen LogP contribution in [0.15, 0.2) is 17.6 Å². The van der Waals surface area contributed by atoms with Crippen molar-refractivity contribution in [3.8, 4) is 0 Å². The molecule has 2 rings (SSSR count). The largest absolute Gasteiger partial charge is 0.319 e. The van der Waals surface area contributed by atoms with Gasteiger partial charge in [0, 0.05) is 6.54 Å². The average molecular weight is 382 g/mol. The summed E-state index contributed by atoms with van der Waals surface area (Å²) in [5.74, 6) is 0. The maximum atomic E-state index is 6.26. The number of halogens is 2. The SMILES string of the molecule is CCCn1ncc(Cl)c1C(N)c1csc(I)c1. The van der Waals surface area contributed by atoms with Crippen molar-refractivity contribution in [1.82, 2.24) is 9.78 Å². The molecule has 2 aromatic rings. The van der Waals surface area contributed by atoms with Gasteiger partial charge in [-0.3, -0.25) is 4.68 Å². The van der Waals surface area contributed by atoms with Crippen molar-refractivity contribution in [2.24, 2.45) is 5.73 Å². The lowest BCUT2D eigenvalue weighted by Crippen LogP contribution is -2.17. The molecule has 0 amide bonds. The Bertz CT molecular complexity index is 509. The van der Waals surface area contributed by atoms with E-state index in [-0.39, 0.29) is 6.04 Å². The zero-order valence-corrected chi connectivity index (χ0v) is 13.1. The van der Waals surface area contributed by atoms with Gasteiger partial charge in [-0.05, 0) is 46.0 Å². The molecule has 0 spiro atoms. The number of aromatic nitrogens is 2. The summed E-state index contributed by atoms with van der Waals surface area (Å²) < 4.78 is 3.13. The molecule has 92 valence electrons. The van der Waals surface area contributed by atoms with Crippen LogP contribution in [0.3, 0.4) is 0 Å². The highest BCUT2D eigenvalue weighted by molar-refractivity contribution is 14.1. The third-order valence-electron chi connectivity index (χ3n) is 2.51. The van der Waals surface area contributed by atoms with Crippen molar-refractivity contribution in [2.45, 2.75) is 25.9 Å². The summed E-state index contributed by atoms with van der Waals surface area (Å²) in [6.07, 6.45) is 2.68. The Morgan fingerprint density at radius 1 is 1.65 bits per heavy atom. The lowest BCUT2D eigenvalue weighted by Gasteiger charge is -2.13. The van der Waals surface area contributed by atoms with Crippen LogP contribution in [-0.4, -0.2) is 9.78 Å². The molecular weight excluding hydrogens is 369 g/mol. The fourth-order valence-electron chi connectivity index (χ4n) is 1.72. The van der Waals surface area contributed by atoms with Crippen LogP contribution in [-0.2, 0) is 6.54 Å². The van der Waals surface area contributed by atoms with E-state index in [1.54, 1.807) is 17.5 Å². The normalized spacial score (nSPS) is 12.9. The van der Waals surface area contributed by atoms with E-state index in [0.29, 0.717) is 5.02 Å². The van der Waals surface area contributed by atoms with Gasteiger partial charge in [-0.25, -0.2) is 0 Å². The average Bonchev–Trinajstić information content (AvgIpc) is 2.86. The Kier molecular flexibility index (Phi) is 4.46.